The van der Waals surface area contributed by atoms with Gasteiger partial charge in [-0.15, -0.1) is 11.3 Å². The standard InChI is InChI=1S/C9H6F3NS/c10-9(11,12)7-4-5-2-1-3-6(13)8(5)14-7/h1-4H,13H2. The Morgan fingerprint density at radius 2 is 1.93 bits per heavy atom. The number of nitrogens with two attached hydrogens (primary N) is 1. The number of halogens is 3. The molecule has 1 heterocycles. The fourth-order valence-electron chi connectivity index (χ4n) is 1.23. The molecule has 0 unspecified atom stereocenters. The first-order valence-corrected chi connectivity index (χ1v) is 4.65. The van der Waals surface area contributed by atoms with E-state index in [4.69, 9.17) is 5.73 Å². The Labute approximate surface area is 82.0 Å². The molecule has 0 bridgehead atoms. The lowest BCUT2D eigenvalue weighted by Crippen LogP contribution is -2.00. The quantitative estimate of drug-likeness (QED) is 0.671. The molecule has 0 aliphatic rings. The number of anilines is 1. The van der Waals surface area contributed by atoms with Gasteiger partial charge in [-0.1, -0.05) is 12.1 Å². The fourth-order valence-corrected chi connectivity index (χ4v) is 2.18. The fraction of sp³-hybridized carbons (Fsp3) is 0.111. The van der Waals surface area contributed by atoms with E-state index in [9.17, 15) is 13.2 Å². The molecule has 2 rings (SSSR count). The molecule has 14 heavy (non-hydrogen) atoms. The molecule has 0 aliphatic heterocycles. The van der Waals surface area contributed by atoms with Crippen molar-refractivity contribution in [3.63, 3.8) is 0 Å². The Morgan fingerprint density at radius 3 is 2.50 bits per heavy atom. The Morgan fingerprint density at radius 1 is 1.21 bits per heavy atom. The zero-order valence-corrected chi connectivity index (χ0v) is 7.75. The van der Waals surface area contributed by atoms with Gasteiger partial charge in [-0.2, -0.15) is 13.2 Å². The number of hydrogen-bond acceptors (Lipinski definition) is 2. The molecule has 0 radical (unpaired) electrons. The van der Waals surface area contributed by atoms with Crippen molar-refractivity contribution in [2.45, 2.75) is 6.18 Å². The van der Waals surface area contributed by atoms with Crippen LogP contribution >= 0.6 is 11.3 Å². The van der Waals surface area contributed by atoms with Gasteiger partial charge in [-0.25, -0.2) is 0 Å². The first-order chi connectivity index (χ1) is 6.48. The average molecular weight is 217 g/mol. The van der Waals surface area contributed by atoms with Gasteiger partial charge >= 0.3 is 6.18 Å². The second-order valence-electron chi connectivity index (χ2n) is 2.87. The Hall–Kier alpha value is -1.23. The molecule has 2 N–H and O–H groups in total. The third-order valence-electron chi connectivity index (χ3n) is 1.85. The van der Waals surface area contributed by atoms with E-state index >= 15 is 0 Å². The largest absolute Gasteiger partial charge is 0.425 e. The van der Waals surface area contributed by atoms with Crippen LogP contribution in [0.1, 0.15) is 4.88 Å². The van der Waals surface area contributed by atoms with Crippen LogP contribution in [0.25, 0.3) is 10.1 Å². The van der Waals surface area contributed by atoms with E-state index in [0.29, 0.717) is 27.1 Å². The highest BCUT2D eigenvalue weighted by Crippen LogP contribution is 2.39. The predicted octanol–water partition coefficient (Wildman–Crippen LogP) is 3.50. The lowest BCUT2D eigenvalue weighted by Gasteiger charge is -1.99. The van der Waals surface area contributed by atoms with Crippen molar-refractivity contribution in [3.05, 3.63) is 29.1 Å². The SMILES string of the molecule is Nc1cccc2cc(C(F)(F)F)sc12. The van der Waals surface area contributed by atoms with Gasteiger partial charge in [0.25, 0.3) is 0 Å². The summed E-state index contributed by atoms with van der Waals surface area (Å²) in [7, 11) is 0. The van der Waals surface area contributed by atoms with Gasteiger partial charge in [0, 0.05) is 5.69 Å². The van der Waals surface area contributed by atoms with E-state index in [0.717, 1.165) is 6.07 Å². The summed E-state index contributed by atoms with van der Waals surface area (Å²) in [6, 6.07) is 5.98. The van der Waals surface area contributed by atoms with Crippen LogP contribution in [0.5, 0.6) is 0 Å². The monoisotopic (exact) mass is 217 g/mol. The van der Waals surface area contributed by atoms with E-state index in [1.807, 2.05) is 0 Å². The second-order valence-corrected chi connectivity index (χ2v) is 3.93. The van der Waals surface area contributed by atoms with Crippen molar-refractivity contribution in [1.29, 1.82) is 0 Å². The van der Waals surface area contributed by atoms with Crippen molar-refractivity contribution < 1.29 is 13.2 Å². The van der Waals surface area contributed by atoms with Crippen LogP contribution in [0.3, 0.4) is 0 Å². The van der Waals surface area contributed by atoms with Gasteiger partial charge in [-0.05, 0) is 17.5 Å². The summed E-state index contributed by atoms with van der Waals surface area (Å²) < 4.78 is 37.5. The van der Waals surface area contributed by atoms with E-state index in [1.165, 1.54) is 0 Å². The highest BCUT2D eigenvalue weighted by molar-refractivity contribution is 7.19. The molecular weight excluding hydrogens is 211 g/mol. The van der Waals surface area contributed by atoms with E-state index in [2.05, 4.69) is 0 Å². The average Bonchev–Trinajstić information content (AvgIpc) is 2.48. The Kier molecular flexibility index (Phi) is 1.92. The van der Waals surface area contributed by atoms with Crippen molar-refractivity contribution in [1.82, 2.24) is 0 Å². The lowest BCUT2D eigenvalue weighted by atomic mass is 10.2. The number of hydrogen-bond donors (Lipinski definition) is 1. The molecule has 1 nitrogen and oxygen atoms in total. The minimum atomic E-state index is -4.28. The first kappa shape index (κ1) is 9.33. The predicted molar refractivity (Wildman–Crippen MR) is 51.2 cm³/mol. The molecule has 0 amide bonds. The lowest BCUT2D eigenvalue weighted by molar-refractivity contribution is -0.134. The van der Waals surface area contributed by atoms with Gasteiger partial charge in [0.1, 0.15) is 4.88 Å². The number of thiophene rings is 1. The molecule has 0 saturated heterocycles. The number of alkyl halides is 3. The number of fused-ring (bicyclic) bond motifs is 1. The highest BCUT2D eigenvalue weighted by Gasteiger charge is 2.32. The molecule has 0 saturated carbocycles. The summed E-state index contributed by atoms with van der Waals surface area (Å²) in [5, 5.41) is 0.544. The van der Waals surface area contributed by atoms with Gasteiger partial charge in [0.15, 0.2) is 0 Å². The first-order valence-electron chi connectivity index (χ1n) is 3.84. The van der Waals surface area contributed by atoms with E-state index in [1.54, 1.807) is 18.2 Å². The smallest absolute Gasteiger partial charge is 0.398 e. The topological polar surface area (TPSA) is 26.0 Å². The van der Waals surface area contributed by atoms with Crippen molar-refractivity contribution in [2.75, 3.05) is 5.73 Å². The van der Waals surface area contributed by atoms with Gasteiger partial charge < -0.3 is 5.73 Å². The minimum absolute atomic E-state index is 0.392. The number of rotatable bonds is 0. The minimum Gasteiger partial charge on any atom is -0.398 e. The van der Waals surface area contributed by atoms with Crippen LogP contribution in [-0.2, 0) is 6.18 Å². The third kappa shape index (κ3) is 1.43. The van der Waals surface area contributed by atoms with Crippen LogP contribution in [0.4, 0.5) is 18.9 Å². The normalized spacial score (nSPS) is 12.2. The number of nitrogen functional groups attached to an aromatic ring is 1. The van der Waals surface area contributed by atoms with Crippen molar-refractivity contribution in [3.8, 4) is 0 Å². The zero-order chi connectivity index (χ0) is 10.3. The highest BCUT2D eigenvalue weighted by atomic mass is 32.1. The molecule has 0 aliphatic carbocycles. The number of benzene rings is 1. The van der Waals surface area contributed by atoms with E-state index < -0.39 is 11.1 Å². The van der Waals surface area contributed by atoms with Gasteiger partial charge in [-0.3, -0.25) is 0 Å². The molecular formula is C9H6F3NS. The molecule has 74 valence electrons. The molecule has 5 heteroatoms. The molecule has 1 aromatic carbocycles. The summed E-state index contributed by atoms with van der Waals surface area (Å²) in [5.74, 6) is 0. The summed E-state index contributed by atoms with van der Waals surface area (Å²) in [6.45, 7) is 0. The van der Waals surface area contributed by atoms with Crippen molar-refractivity contribution >= 4 is 27.1 Å². The summed E-state index contributed by atoms with van der Waals surface area (Å²) in [5.41, 5.74) is 5.95. The molecule has 0 spiro atoms. The maximum absolute atomic E-state index is 12.3. The Bertz CT molecular complexity index is 472. The van der Waals surface area contributed by atoms with Crippen LogP contribution in [0.2, 0.25) is 0 Å². The summed E-state index contributed by atoms with van der Waals surface area (Å²) in [4.78, 5) is -0.606. The van der Waals surface area contributed by atoms with Gasteiger partial charge in [0.2, 0.25) is 0 Å². The molecule has 0 fully saturated rings. The summed E-state index contributed by atoms with van der Waals surface area (Å²) >= 11 is 0.681. The van der Waals surface area contributed by atoms with Crippen LogP contribution in [0.15, 0.2) is 24.3 Å². The van der Waals surface area contributed by atoms with Crippen LogP contribution in [0, 0.1) is 0 Å². The Balaban J connectivity index is 2.69. The molecule has 0 atom stereocenters. The van der Waals surface area contributed by atoms with Gasteiger partial charge in [0.05, 0.1) is 4.70 Å². The zero-order valence-electron chi connectivity index (χ0n) is 6.93. The molecule has 1 aromatic heterocycles. The summed E-state index contributed by atoms with van der Waals surface area (Å²) in [6.07, 6.45) is -4.28. The maximum Gasteiger partial charge on any atom is 0.425 e. The van der Waals surface area contributed by atoms with Crippen LogP contribution in [-0.4, -0.2) is 0 Å². The van der Waals surface area contributed by atoms with Crippen LogP contribution < -0.4 is 5.73 Å². The third-order valence-corrected chi connectivity index (χ3v) is 3.10. The maximum atomic E-state index is 12.3. The van der Waals surface area contributed by atoms with Crippen molar-refractivity contribution in [2.24, 2.45) is 0 Å². The molecule has 2 aromatic rings. The second kappa shape index (κ2) is 2.88. The van der Waals surface area contributed by atoms with E-state index in [-0.39, 0.29) is 0 Å².